The predicted octanol–water partition coefficient (Wildman–Crippen LogP) is 4.91. The Morgan fingerprint density at radius 2 is 1.58 bits per heavy atom. The van der Waals surface area contributed by atoms with Crippen LogP contribution in [0, 0.1) is 13.8 Å². The van der Waals surface area contributed by atoms with Crippen molar-refractivity contribution in [2.24, 2.45) is 0 Å². The van der Waals surface area contributed by atoms with Gasteiger partial charge in [-0.2, -0.15) is 0 Å². The fourth-order valence-corrected chi connectivity index (χ4v) is 5.41. The van der Waals surface area contributed by atoms with Gasteiger partial charge < -0.3 is 29.2 Å². The number of aliphatic hydroxyl groups excluding tert-OH is 2. The zero-order chi connectivity index (χ0) is 26.3. The second kappa shape index (κ2) is 10.2. The van der Waals surface area contributed by atoms with Gasteiger partial charge in [0.25, 0.3) is 0 Å². The Hall–Kier alpha value is -3.10. The summed E-state index contributed by atoms with van der Waals surface area (Å²) in [5.74, 6) is -1.34. The van der Waals surface area contributed by atoms with E-state index in [4.69, 9.17) is 18.9 Å². The van der Waals surface area contributed by atoms with Crippen LogP contribution in [0.1, 0.15) is 34.1 Å². The molecule has 4 aromatic rings. The van der Waals surface area contributed by atoms with E-state index in [2.05, 4.69) is 13.0 Å². The van der Waals surface area contributed by atoms with Crippen LogP contribution in [0.25, 0.3) is 10.8 Å². The van der Waals surface area contributed by atoms with Gasteiger partial charge in [-0.1, -0.05) is 84.9 Å². The topological polar surface area (TPSA) is 77.4 Å². The van der Waals surface area contributed by atoms with E-state index in [1.54, 1.807) is 0 Å². The van der Waals surface area contributed by atoms with Crippen molar-refractivity contribution < 1.29 is 29.2 Å². The van der Waals surface area contributed by atoms with Crippen molar-refractivity contribution in [2.75, 3.05) is 13.2 Å². The summed E-state index contributed by atoms with van der Waals surface area (Å²) in [7, 11) is 0. The van der Waals surface area contributed by atoms with Crippen molar-refractivity contribution >= 4 is 10.8 Å². The maximum atomic E-state index is 11.0. The second-order valence-corrected chi connectivity index (χ2v) is 10.1. The molecule has 0 amide bonds. The first kappa shape index (κ1) is 25.2. The van der Waals surface area contributed by atoms with Crippen molar-refractivity contribution in [1.29, 1.82) is 0 Å². The highest BCUT2D eigenvalue weighted by atomic mass is 16.8. The molecule has 2 aliphatic heterocycles. The van der Waals surface area contributed by atoms with E-state index in [0.29, 0.717) is 0 Å². The summed E-state index contributed by atoms with van der Waals surface area (Å²) in [5.41, 5.74) is 4.77. The fraction of sp³-hybridized carbons (Fsp3) is 0.312. The van der Waals surface area contributed by atoms with Crippen LogP contribution in [-0.2, 0) is 24.7 Å². The standard InChI is InChI=1S/C32H32O6/c1-20-12-13-24(16-21(20)2)31-35-19-28-30(36-31)29(27(34)18-33)38-32(37-28,25-10-4-3-5-11-25)26-15-14-22-8-6-7-9-23(22)17-26/h3-17,27-31,33-34H,18-19H2,1-2H3/t27-,28+,29-,30-,31?,32?/m1/s1. The Bertz CT molecular complexity index is 1420. The molecule has 0 bridgehead atoms. The second-order valence-electron chi connectivity index (χ2n) is 10.1. The van der Waals surface area contributed by atoms with Crippen LogP contribution in [0.2, 0.25) is 0 Å². The third kappa shape index (κ3) is 4.43. The van der Waals surface area contributed by atoms with Crippen molar-refractivity contribution in [3.63, 3.8) is 0 Å². The monoisotopic (exact) mass is 512 g/mol. The zero-order valence-corrected chi connectivity index (χ0v) is 21.5. The first-order valence-electron chi connectivity index (χ1n) is 13.0. The normalized spacial score (nSPS) is 28.1. The molecule has 6 atom stereocenters. The van der Waals surface area contributed by atoms with Gasteiger partial charge in [-0.3, -0.25) is 0 Å². The molecule has 2 saturated heterocycles. The maximum Gasteiger partial charge on any atom is 0.223 e. The van der Waals surface area contributed by atoms with Crippen LogP contribution >= 0.6 is 0 Å². The molecule has 6 nitrogen and oxygen atoms in total. The summed E-state index contributed by atoms with van der Waals surface area (Å²) >= 11 is 0. The molecule has 196 valence electrons. The minimum atomic E-state index is -1.34. The molecule has 0 radical (unpaired) electrons. The average Bonchev–Trinajstić information content (AvgIpc) is 2.97. The van der Waals surface area contributed by atoms with E-state index in [1.165, 1.54) is 5.56 Å². The lowest BCUT2D eigenvalue weighted by molar-refractivity contribution is -0.401. The minimum absolute atomic E-state index is 0.239. The van der Waals surface area contributed by atoms with Gasteiger partial charge in [0.05, 0.1) is 13.2 Å². The van der Waals surface area contributed by atoms with Gasteiger partial charge in [0.2, 0.25) is 5.79 Å². The van der Waals surface area contributed by atoms with Crippen molar-refractivity contribution in [2.45, 2.75) is 50.3 Å². The van der Waals surface area contributed by atoms with Gasteiger partial charge in [0.15, 0.2) is 6.29 Å². The number of benzene rings is 4. The number of ether oxygens (including phenoxy) is 4. The van der Waals surface area contributed by atoms with Crippen molar-refractivity contribution in [1.82, 2.24) is 0 Å². The molecule has 0 aromatic heterocycles. The molecule has 6 rings (SSSR count). The molecule has 0 saturated carbocycles. The minimum Gasteiger partial charge on any atom is -0.394 e. The zero-order valence-electron chi connectivity index (χ0n) is 21.5. The van der Waals surface area contributed by atoms with Crippen LogP contribution in [0.5, 0.6) is 0 Å². The van der Waals surface area contributed by atoms with Gasteiger partial charge in [0, 0.05) is 16.7 Å². The Labute approximate surface area is 222 Å². The molecule has 0 aliphatic carbocycles. The highest BCUT2D eigenvalue weighted by Crippen LogP contribution is 2.46. The third-order valence-corrected chi connectivity index (χ3v) is 7.65. The Balaban J connectivity index is 1.42. The quantitative estimate of drug-likeness (QED) is 0.396. The summed E-state index contributed by atoms with van der Waals surface area (Å²) in [5, 5.41) is 23.2. The highest BCUT2D eigenvalue weighted by molar-refractivity contribution is 5.83. The van der Waals surface area contributed by atoms with Crippen LogP contribution in [0.3, 0.4) is 0 Å². The Morgan fingerprint density at radius 3 is 2.34 bits per heavy atom. The number of hydrogen-bond donors (Lipinski definition) is 2. The summed E-state index contributed by atoms with van der Waals surface area (Å²) < 4.78 is 26.1. The molecular formula is C32H32O6. The molecule has 0 spiro atoms. The predicted molar refractivity (Wildman–Crippen MR) is 143 cm³/mol. The highest BCUT2D eigenvalue weighted by Gasteiger charge is 2.55. The SMILES string of the molecule is Cc1ccc(C2OC[C@@H]3OC(c4ccccc4)(c4ccc5ccccc5c4)O[C@H]([C@H](O)CO)[C@@H]3O2)cc1C. The summed E-state index contributed by atoms with van der Waals surface area (Å²) in [4.78, 5) is 0. The lowest BCUT2D eigenvalue weighted by Crippen LogP contribution is -2.63. The summed E-state index contributed by atoms with van der Waals surface area (Å²) in [6, 6.07) is 29.9. The number of fused-ring (bicyclic) bond motifs is 2. The van der Waals surface area contributed by atoms with Gasteiger partial charge in [-0.15, -0.1) is 0 Å². The van der Waals surface area contributed by atoms with Crippen LogP contribution in [0.15, 0.2) is 91.0 Å². The molecule has 2 aliphatic rings. The van der Waals surface area contributed by atoms with E-state index < -0.39 is 43.1 Å². The molecule has 2 fully saturated rings. The Morgan fingerprint density at radius 1 is 0.816 bits per heavy atom. The van der Waals surface area contributed by atoms with E-state index in [-0.39, 0.29) is 6.61 Å². The van der Waals surface area contributed by atoms with Gasteiger partial charge in [-0.25, -0.2) is 0 Å². The van der Waals surface area contributed by atoms with Gasteiger partial charge >= 0.3 is 0 Å². The summed E-state index contributed by atoms with van der Waals surface area (Å²) in [6.45, 7) is 3.87. The molecule has 2 heterocycles. The number of rotatable bonds is 5. The van der Waals surface area contributed by atoms with Crippen molar-refractivity contribution in [3.8, 4) is 0 Å². The van der Waals surface area contributed by atoms with E-state index in [1.807, 2.05) is 91.9 Å². The van der Waals surface area contributed by atoms with E-state index >= 15 is 0 Å². The largest absolute Gasteiger partial charge is 0.394 e. The Kier molecular flexibility index (Phi) is 6.78. The average molecular weight is 513 g/mol. The van der Waals surface area contributed by atoms with Crippen LogP contribution < -0.4 is 0 Å². The first-order valence-corrected chi connectivity index (χ1v) is 13.0. The maximum absolute atomic E-state index is 11.0. The lowest BCUT2D eigenvalue weighted by atomic mass is 9.90. The van der Waals surface area contributed by atoms with Gasteiger partial charge in [-0.05, 0) is 41.8 Å². The van der Waals surface area contributed by atoms with Crippen LogP contribution in [0.4, 0.5) is 0 Å². The molecular weight excluding hydrogens is 480 g/mol. The number of aliphatic hydroxyl groups is 2. The molecule has 6 heteroatoms. The van der Waals surface area contributed by atoms with Gasteiger partial charge in [0.1, 0.15) is 24.4 Å². The fourth-order valence-electron chi connectivity index (χ4n) is 5.41. The molecule has 2 N–H and O–H groups in total. The molecule has 38 heavy (non-hydrogen) atoms. The first-order chi connectivity index (χ1) is 18.5. The number of hydrogen-bond acceptors (Lipinski definition) is 6. The molecule has 4 aromatic carbocycles. The van der Waals surface area contributed by atoms with E-state index in [9.17, 15) is 10.2 Å². The van der Waals surface area contributed by atoms with Crippen molar-refractivity contribution in [3.05, 3.63) is 119 Å². The van der Waals surface area contributed by atoms with Crippen LogP contribution in [-0.4, -0.2) is 47.8 Å². The smallest absolute Gasteiger partial charge is 0.223 e. The number of aryl methyl sites for hydroxylation is 2. The summed E-state index contributed by atoms with van der Waals surface area (Å²) in [6.07, 6.45) is -3.91. The lowest BCUT2D eigenvalue weighted by Gasteiger charge is -2.52. The third-order valence-electron chi connectivity index (χ3n) is 7.65. The van der Waals surface area contributed by atoms with E-state index in [0.717, 1.165) is 33.0 Å². The molecule has 2 unspecified atom stereocenters.